The van der Waals surface area contributed by atoms with Crippen LogP contribution in [-0.2, 0) is 4.79 Å². The summed E-state index contributed by atoms with van der Waals surface area (Å²) in [7, 11) is 1.68. The minimum Gasteiger partial charge on any atom is -0.497 e. The number of hydrogen-bond acceptors (Lipinski definition) is 5. The molecule has 2 aromatic rings. The number of methoxy groups -OCH3 is 1. The highest BCUT2D eigenvalue weighted by molar-refractivity contribution is 6.30. The molecule has 2 aromatic carbocycles. The molecule has 0 radical (unpaired) electrons. The lowest BCUT2D eigenvalue weighted by Gasteiger charge is -2.36. The second-order valence-corrected chi connectivity index (χ2v) is 7.06. The van der Waals surface area contributed by atoms with Crippen molar-refractivity contribution in [3.63, 3.8) is 0 Å². The first-order chi connectivity index (χ1) is 13.6. The van der Waals surface area contributed by atoms with Crippen molar-refractivity contribution in [2.24, 2.45) is 0 Å². The van der Waals surface area contributed by atoms with Crippen LogP contribution in [0, 0.1) is 0 Å². The number of piperazine rings is 1. The molecule has 1 N–H and O–H groups in total. The van der Waals surface area contributed by atoms with Crippen molar-refractivity contribution in [2.75, 3.05) is 57.9 Å². The third-order valence-electron chi connectivity index (χ3n) is 4.74. The molecule has 1 aliphatic rings. The maximum Gasteiger partial charge on any atom is 0.257 e. The highest BCUT2D eigenvalue weighted by atomic mass is 35.5. The molecule has 1 amide bonds. The zero-order valence-corrected chi connectivity index (χ0v) is 16.8. The van der Waals surface area contributed by atoms with Crippen molar-refractivity contribution in [2.45, 2.75) is 0 Å². The van der Waals surface area contributed by atoms with Crippen LogP contribution < -0.4 is 19.7 Å². The van der Waals surface area contributed by atoms with E-state index < -0.39 is 0 Å². The van der Waals surface area contributed by atoms with Gasteiger partial charge < -0.3 is 19.7 Å². The number of nitrogens with zero attached hydrogens (tertiary/aromatic N) is 2. The van der Waals surface area contributed by atoms with Crippen molar-refractivity contribution in [1.29, 1.82) is 0 Å². The van der Waals surface area contributed by atoms with Gasteiger partial charge in [-0.2, -0.15) is 0 Å². The Morgan fingerprint density at radius 3 is 2.29 bits per heavy atom. The van der Waals surface area contributed by atoms with Crippen molar-refractivity contribution in [3.8, 4) is 11.5 Å². The summed E-state index contributed by atoms with van der Waals surface area (Å²) in [5.41, 5.74) is 1.22. The van der Waals surface area contributed by atoms with Gasteiger partial charge in [-0.15, -0.1) is 0 Å². The second kappa shape index (κ2) is 10.2. The molecule has 7 heteroatoms. The van der Waals surface area contributed by atoms with Crippen LogP contribution in [0.5, 0.6) is 11.5 Å². The molecular formula is C21H26ClN3O3. The number of amides is 1. The summed E-state index contributed by atoms with van der Waals surface area (Å²) >= 11 is 5.83. The lowest BCUT2D eigenvalue weighted by atomic mass is 10.2. The maximum absolute atomic E-state index is 11.9. The van der Waals surface area contributed by atoms with E-state index in [2.05, 4.69) is 27.2 Å². The molecule has 1 aliphatic heterocycles. The highest BCUT2D eigenvalue weighted by Gasteiger charge is 2.17. The average molecular weight is 404 g/mol. The predicted molar refractivity (Wildman–Crippen MR) is 112 cm³/mol. The van der Waals surface area contributed by atoms with Crippen molar-refractivity contribution in [3.05, 3.63) is 53.6 Å². The number of carbonyl (C=O) groups excluding carboxylic acids is 1. The molecule has 6 nitrogen and oxygen atoms in total. The monoisotopic (exact) mass is 403 g/mol. The van der Waals surface area contributed by atoms with Gasteiger partial charge in [-0.3, -0.25) is 9.69 Å². The molecule has 3 rings (SSSR count). The first-order valence-corrected chi connectivity index (χ1v) is 9.78. The van der Waals surface area contributed by atoms with E-state index in [1.165, 1.54) is 5.69 Å². The molecule has 0 unspecified atom stereocenters. The number of halogens is 1. The van der Waals surface area contributed by atoms with E-state index in [0.717, 1.165) is 38.5 Å². The fourth-order valence-electron chi connectivity index (χ4n) is 3.11. The topological polar surface area (TPSA) is 54.0 Å². The Bertz CT molecular complexity index is 744. The number of carbonyl (C=O) groups is 1. The first-order valence-electron chi connectivity index (χ1n) is 9.40. The SMILES string of the molecule is COc1ccc(N2CCN(CCNC(=O)COc3ccc(Cl)cc3)CC2)cc1. The molecule has 0 saturated carbocycles. The summed E-state index contributed by atoms with van der Waals surface area (Å²) in [5.74, 6) is 1.39. The standard InChI is InChI=1S/C21H26ClN3O3/c1-27-19-8-4-18(5-9-19)25-14-12-24(13-15-25)11-10-23-21(26)16-28-20-6-2-17(22)3-7-20/h2-9H,10-16H2,1H3,(H,23,26). The van der Waals surface area contributed by atoms with Crippen LogP contribution in [0.15, 0.2) is 48.5 Å². The molecule has 150 valence electrons. The minimum atomic E-state index is -0.119. The smallest absolute Gasteiger partial charge is 0.257 e. The zero-order chi connectivity index (χ0) is 19.8. The predicted octanol–water partition coefficient (Wildman–Crippen LogP) is 2.67. The summed E-state index contributed by atoms with van der Waals surface area (Å²) in [6.07, 6.45) is 0. The van der Waals surface area contributed by atoms with E-state index in [0.29, 0.717) is 17.3 Å². The van der Waals surface area contributed by atoms with Gasteiger partial charge in [0.25, 0.3) is 5.91 Å². The van der Waals surface area contributed by atoms with Crippen molar-refractivity contribution < 1.29 is 14.3 Å². The average Bonchev–Trinajstić information content (AvgIpc) is 2.74. The number of benzene rings is 2. The van der Waals surface area contributed by atoms with Gasteiger partial charge in [0.1, 0.15) is 11.5 Å². The van der Waals surface area contributed by atoms with Gasteiger partial charge in [-0.1, -0.05) is 11.6 Å². The normalized spacial score (nSPS) is 14.6. The highest BCUT2D eigenvalue weighted by Crippen LogP contribution is 2.20. The number of nitrogens with one attached hydrogen (secondary N) is 1. The van der Waals surface area contributed by atoms with Gasteiger partial charge >= 0.3 is 0 Å². The van der Waals surface area contributed by atoms with Crippen LogP contribution >= 0.6 is 11.6 Å². The third kappa shape index (κ3) is 6.04. The van der Waals surface area contributed by atoms with E-state index >= 15 is 0 Å². The molecule has 28 heavy (non-hydrogen) atoms. The van der Waals surface area contributed by atoms with Gasteiger partial charge in [0.2, 0.25) is 0 Å². The van der Waals surface area contributed by atoms with Gasteiger partial charge in [-0.25, -0.2) is 0 Å². The molecule has 0 aromatic heterocycles. The van der Waals surface area contributed by atoms with Crippen molar-refractivity contribution >= 4 is 23.2 Å². The molecule has 1 saturated heterocycles. The lowest BCUT2D eigenvalue weighted by molar-refractivity contribution is -0.123. The Morgan fingerprint density at radius 1 is 1.00 bits per heavy atom. The maximum atomic E-state index is 11.9. The Hall–Kier alpha value is -2.44. The van der Waals surface area contributed by atoms with Crippen LogP contribution in [0.1, 0.15) is 0 Å². The van der Waals surface area contributed by atoms with Crippen LogP contribution in [-0.4, -0.2) is 63.8 Å². The molecular weight excluding hydrogens is 378 g/mol. The van der Waals surface area contributed by atoms with Gasteiger partial charge in [-0.05, 0) is 48.5 Å². The molecule has 0 spiro atoms. The summed E-state index contributed by atoms with van der Waals surface area (Å²) in [6.45, 7) is 5.35. The van der Waals surface area contributed by atoms with E-state index in [9.17, 15) is 4.79 Å². The molecule has 0 aliphatic carbocycles. The lowest BCUT2D eigenvalue weighted by Crippen LogP contribution is -2.48. The number of ether oxygens (including phenoxy) is 2. The molecule has 1 heterocycles. The molecule has 0 atom stereocenters. The summed E-state index contributed by atoms with van der Waals surface area (Å²) < 4.78 is 10.7. The van der Waals surface area contributed by atoms with Crippen LogP contribution in [0.2, 0.25) is 5.02 Å². The van der Waals surface area contributed by atoms with Crippen molar-refractivity contribution in [1.82, 2.24) is 10.2 Å². The zero-order valence-electron chi connectivity index (χ0n) is 16.1. The Kier molecular flexibility index (Phi) is 7.39. The fraction of sp³-hybridized carbons (Fsp3) is 0.381. The fourth-order valence-corrected chi connectivity index (χ4v) is 3.23. The Labute approximate surface area is 171 Å². The Morgan fingerprint density at radius 2 is 1.64 bits per heavy atom. The van der Waals surface area contributed by atoms with E-state index in [1.54, 1.807) is 31.4 Å². The van der Waals surface area contributed by atoms with Gasteiger partial charge in [0.15, 0.2) is 6.61 Å². The summed E-state index contributed by atoms with van der Waals surface area (Å²) in [6, 6.07) is 15.1. The molecule has 0 bridgehead atoms. The largest absolute Gasteiger partial charge is 0.497 e. The Balaban J connectivity index is 1.31. The number of hydrogen-bond donors (Lipinski definition) is 1. The van der Waals surface area contributed by atoms with Crippen LogP contribution in [0.25, 0.3) is 0 Å². The molecule has 1 fully saturated rings. The van der Waals surface area contributed by atoms with E-state index in [4.69, 9.17) is 21.1 Å². The number of rotatable bonds is 8. The number of anilines is 1. The van der Waals surface area contributed by atoms with Gasteiger partial charge in [0, 0.05) is 50.0 Å². The quantitative estimate of drug-likeness (QED) is 0.734. The van der Waals surface area contributed by atoms with E-state index in [1.807, 2.05) is 12.1 Å². The first kappa shape index (κ1) is 20.3. The third-order valence-corrected chi connectivity index (χ3v) is 5.00. The summed E-state index contributed by atoms with van der Waals surface area (Å²) in [5, 5.41) is 3.55. The van der Waals surface area contributed by atoms with E-state index in [-0.39, 0.29) is 12.5 Å². The van der Waals surface area contributed by atoms with Crippen LogP contribution in [0.4, 0.5) is 5.69 Å². The summed E-state index contributed by atoms with van der Waals surface area (Å²) in [4.78, 5) is 16.6. The van der Waals surface area contributed by atoms with Gasteiger partial charge in [0.05, 0.1) is 7.11 Å². The minimum absolute atomic E-state index is 0.00683. The van der Waals surface area contributed by atoms with Crippen LogP contribution in [0.3, 0.4) is 0 Å². The second-order valence-electron chi connectivity index (χ2n) is 6.62.